The summed E-state index contributed by atoms with van der Waals surface area (Å²) in [6.07, 6.45) is 4.67. The molecule has 1 aromatic rings. The second-order valence-corrected chi connectivity index (χ2v) is 4.65. The Labute approximate surface area is 78.8 Å². The number of hydrogen-bond donors (Lipinski definition) is 0. The van der Waals surface area contributed by atoms with Crippen molar-refractivity contribution in [2.45, 2.75) is 33.1 Å². The third kappa shape index (κ3) is 1.53. The fraction of sp³-hybridized carbons (Fsp3) is 0.545. The molecule has 70 valence electrons. The highest BCUT2D eigenvalue weighted by atomic mass is 16.5. The quantitative estimate of drug-likeness (QED) is 0.439. The molecule has 1 aliphatic carbocycles. The van der Waals surface area contributed by atoms with E-state index in [9.17, 15) is 5.21 Å². The molecule has 0 aromatic carbocycles. The van der Waals surface area contributed by atoms with Crippen LogP contribution in [-0.4, -0.2) is 0 Å². The maximum Gasteiger partial charge on any atom is 0.195 e. The largest absolute Gasteiger partial charge is 0.618 e. The molecule has 0 aliphatic heterocycles. The molecule has 0 fully saturated rings. The molecule has 0 bridgehead atoms. The zero-order chi connectivity index (χ0) is 9.47. The van der Waals surface area contributed by atoms with E-state index in [0.717, 1.165) is 29.7 Å². The summed E-state index contributed by atoms with van der Waals surface area (Å²) in [5.74, 6) is 0. The van der Waals surface area contributed by atoms with Crippen LogP contribution in [0.25, 0.3) is 0 Å². The summed E-state index contributed by atoms with van der Waals surface area (Å²) in [5, 5.41) is 11.4. The second kappa shape index (κ2) is 2.72. The first-order valence-corrected chi connectivity index (χ1v) is 4.78. The van der Waals surface area contributed by atoms with Gasteiger partial charge in [-0.15, -0.1) is 0 Å². The molecule has 0 saturated carbocycles. The van der Waals surface area contributed by atoms with Crippen LogP contribution < -0.4 is 4.73 Å². The molecular weight excluding hydrogens is 162 g/mol. The van der Waals surface area contributed by atoms with Gasteiger partial charge in [0.05, 0.1) is 0 Å². The lowest BCUT2D eigenvalue weighted by molar-refractivity contribution is -0.615. The lowest BCUT2D eigenvalue weighted by Crippen LogP contribution is -2.37. The maximum absolute atomic E-state index is 11.4. The molecule has 2 rings (SSSR count). The van der Waals surface area contributed by atoms with Crippen molar-refractivity contribution in [3.8, 4) is 0 Å². The Hall–Kier alpha value is -1.05. The van der Waals surface area contributed by atoms with Gasteiger partial charge in [-0.05, 0) is 24.3 Å². The average Bonchev–Trinajstić information content (AvgIpc) is 2.02. The summed E-state index contributed by atoms with van der Waals surface area (Å²) in [4.78, 5) is 0. The molecule has 13 heavy (non-hydrogen) atoms. The molecular formula is C11H15NO. The maximum atomic E-state index is 11.4. The van der Waals surface area contributed by atoms with Crippen molar-refractivity contribution in [3.63, 3.8) is 0 Å². The van der Waals surface area contributed by atoms with Gasteiger partial charge in [-0.2, -0.15) is 4.73 Å². The summed E-state index contributed by atoms with van der Waals surface area (Å²) < 4.78 is 1.02. The Kier molecular flexibility index (Phi) is 1.79. The average molecular weight is 177 g/mol. The lowest BCUT2D eigenvalue weighted by atomic mass is 9.76. The van der Waals surface area contributed by atoms with Crippen molar-refractivity contribution in [2.24, 2.45) is 5.41 Å². The highest BCUT2D eigenvalue weighted by molar-refractivity contribution is 5.20. The van der Waals surface area contributed by atoms with E-state index < -0.39 is 0 Å². The molecule has 0 spiro atoms. The van der Waals surface area contributed by atoms with Crippen molar-refractivity contribution in [1.29, 1.82) is 0 Å². The minimum Gasteiger partial charge on any atom is -0.618 e. The first kappa shape index (κ1) is 8.54. The van der Waals surface area contributed by atoms with Gasteiger partial charge in [0.2, 0.25) is 0 Å². The lowest BCUT2D eigenvalue weighted by Gasteiger charge is -2.29. The van der Waals surface area contributed by atoms with Crippen molar-refractivity contribution >= 4 is 0 Å². The number of aromatic nitrogens is 1. The zero-order valence-corrected chi connectivity index (χ0v) is 8.21. The molecule has 0 radical (unpaired) electrons. The van der Waals surface area contributed by atoms with Gasteiger partial charge in [-0.25, -0.2) is 0 Å². The van der Waals surface area contributed by atoms with E-state index in [4.69, 9.17) is 0 Å². The third-order valence-electron chi connectivity index (χ3n) is 2.86. The SMILES string of the molecule is CC1(C)CCc2c(ccc[n+]2[O-])C1. The number of nitrogens with zero attached hydrogens (tertiary/aromatic N) is 1. The predicted molar refractivity (Wildman–Crippen MR) is 51.2 cm³/mol. The third-order valence-corrected chi connectivity index (χ3v) is 2.86. The van der Waals surface area contributed by atoms with Crippen LogP contribution in [0.5, 0.6) is 0 Å². The van der Waals surface area contributed by atoms with E-state index in [0.29, 0.717) is 5.41 Å². The van der Waals surface area contributed by atoms with Crippen LogP contribution in [0.1, 0.15) is 31.5 Å². The summed E-state index contributed by atoms with van der Waals surface area (Å²) >= 11 is 0. The van der Waals surface area contributed by atoms with Crippen LogP contribution in [0.15, 0.2) is 18.3 Å². The first-order valence-electron chi connectivity index (χ1n) is 4.78. The van der Waals surface area contributed by atoms with Crippen molar-refractivity contribution in [1.82, 2.24) is 0 Å². The van der Waals surface area contributed by atoms with Crippen molar-refractivity contribution in [3.05, 3.63) is 34.8 Å². The Bertz CT molecular complexity index is 331. The molecule has 0 atom stereocenters. The predicted octanol–water partition coefficient (Wildman–Crippen LogP) is 1.83. The van der Waals surface area contributed by atoms with Crippen LogP contribution >= 0.6 is 0 Å². The van der Waals surface area contributed by atoms with Gasteiger partial charge < -0.3 is 5.21 Å². The van der Waals surface area contributed by atoms with Gasteiger partial charge in [0, 0.05) is 18.1 Å². The Morgan fingerprint density at radius 2 is 2.23 bits per heavy atom. The molecule has 2 heteroatoms. The fourth-order valence-corrected chi connectivity index (χ4v) is 2.06. The minimum atomic E-state index is 0.362. The van der Waals surface area contributed by atoms with Crippen LogP contribution in [0.3, 0.4) is 0 Å². The number of hydrogen-bond acceptors (Lipinski definition) is 1. The number of fused-ring (bicyclic) bond motifs is 1. The van der Waals surface area contributed by atoms with Gasteiger partial charge in [-0.3, -0.25) is 0 Å². The van der Waals surface area contributed by atoms with E-state index in [1.165, 1.54) is 5.56 Å². The molecule has 2 nitrogen and oxygen atoms in total. The Morgan fingerprint density at radius 3 is 3.00 bits per heavy atom. The minimum absolute atomic E-state index is 0.362. The Morgan fingerprint density at radius 1 is 1.46 bits per heavy atom. The molecule has 0 N–H and O–H groups in total. The van der Waals surface area contributed by atoms with E-state index in [-0.39, 0.29) is 0 Å². The zero-order valence-electron chi connectivity index (χ0n) is 8.21. The standard InChI is InChI=1S/C11H15NO/c1-11(2)6-5-10-9(8-11)4-3-7-12(10)13/h3-4,7H,5-6,8H2,1-2H3. The molecule has 1 heterocycles. The van der Waals surface area contributed by atoms with Crippen LogP contribution in [-0.2, 0) is 12.8 Å². The van der Waals surface area contributed by atoms with Crippen LogP contribution in [0.2, 0.25) is 0 Å². The molecule has 0 saturated heterocycles. The van der Waals surface area contributed by atoms with Crippen LogP contribution in [0, 0.1) is 10.6 Å². The van der Waals surface area contributed by atoms with E-state index in [1.807, 2.05) is 6.07 Å². The molecule has 0 amide bonds. The van der Waals surface area contributed by atoms with Gasteiger partial charge in [-0.1, -0.05) is 13.8 Å². The van der Waals surface area contributed by atoms with Gasteiger partial charge in [0.1, 0.15) is 0 Å². The fourth-order valence-electron chi connectivity index (χ4n) is 2.06. The van der Waals surface area contributed by atoms with Gasteiger partial charge in [0.25, 0.3) is 0 Å². The van der Waals surface area contributed by atoms with Crippen molar-refractivity contribution in [2.75, 3.05) is 0 Å². The van der Waals surface area contributed by atoms with Gasteiger partial charge >= 0.3 is 0 Å². The number of rotatable bonds is 0. The second-order valence-electron chi connectivity index (χ2n) is 4.65. The van der Waals surface area contributed by atoms with Gasteiger partial charge in [0.15, 0.2) is 11.9 Å². The Balaban J connectivity index is 2.42. The highest BCUT2D eigenvalue weighted by Gasteiger charge is 2.28. The summed E-state index contributed by atoms with van der Waals surface area (Å²) in [6, 6.07) is 3.91. The first-order chi connectivity index (χ1) is 6.08. The summed E-state index contributed by atoms with van der Waals surface area (Å²) in [6.45, 7) is 4.52. The van der Waals surface area contributed by atoms with E-state index in [2.05, 4.69) is 19.9 Å². The van der Waals surface area contributed by atoms with Crippen molar-refractivity contribution < 1.29 is 4.73 Å². The summed E-state index contributed by atoms with van der Waals surface area (Å²) in [7, 11) is 0. The topological polar surface area (TPSA) is 26.9 Å². The van der Waals surface area contributed by atoms with E-state index >= 15 is 0 Å². The number of pyridine rings is 1. The summed E-state index contributed by atoms with van der Waals surface area (Å²) in [5.41, 5.74) is 2.57. The smallest absolute Gasteiger partial charge is 0.195 e. The normalized spacial score (nSPS) is 19.5. The van der Waals surface area contributed by atoms with E-state index in [1.54, 1.807) is 6.20 Å². The molecule has 1 aliphatic rings. The monoisotopic (exact) mass is 177 g/mol. The molecule has 0 unspecified atom stereocenters. The highest BCUT2D eigenvalue weighted by Crippen LogP contribution is 2.32. The molecule has 1 aromatic heterocycles. The van der Waals surface area contributed by atoms with Crippen LogP contribution in [0.4, 0.5) is 0 Å².